The van der Waals surface area contributed by atoms with Crippen LogP contribution in [0.2, 0.25) is 0 Å². The number of alkyl halides is 2. The molecule has 22 heavy (non-hydrogen) atoms. The van der Waals surface area contributed by atoms with Gasteiger partial charge in [0.2, 0.25) is 5.91 Å². The largest absolute Gasteiger partial charge is 0.466 e. The van der Waals surface area contributed by atoms with Crippen molar-refractivity contribution in [3.05, 3.63) is 23.2 Å². The van der Waals surface area contributed by atoms with Gasteiger partial charge in [0.1, 0.15) is 11.5 Å². The number of hydrogen-bond acceptors (Lipinski definition) is 3. The third-order valence-corrected chi connectivity index (χ3v) is 4.44. The number of furan rings is 1. The Balaban J connectivity index is 1.91. The van der Waals surface area contributed by atoms with Gasteiger partial charge in [-0.05, 0) is 26.3 Å². The molecule has 1 aromatic rings. The molecule has 3 rings (SSSR count). The molecule has 120 valence electrons. The summed E-state index contributed by atoms with van der Waals surface area (Å²) < 4.78 is 33.5. The molecule has 0 aromatic carbocycles. The quantitative estimate of drug-likeness (QED) is 0.861. The highest BCUT2D eigenvalue weighted by Crippen LogP contribution is 2.43. The molecule has 1 spiro atoms. The first-order valence-electron chi connectivity index (χ1n) is 7.25. The number of piperidine rings is 1. The first-order chi connectivity index (χ1) is 10.2. The van der Waals surface area contributed by atoms with Gasteiger partial charge in [0.05, 0.1) is 17.5 Å². The lowest BCUT2D eigenvalue weighted by atomic mass is 9.77. The van der Waals surface area contributed by atoms with E-state index in [1.807, 2.05) is 0 Å². The molecule has 1 N–H and O–H groups in total. The standard InChI is InChI=1S/C15H18F2N2O3/c1-9-5-11(10(2)22-9)12(20)19-7-14(3-4-18-13(14)21)6-15(16,17)8-19/h5H,3-4,6-8H2,1-2H3,(H,18,21)/t14-/m0/s1. The summed E-state index contributed by atoms with van der Waals surface area (Å²) in [4.78, 5) is 25.7. The van der Waals surface area contributed by atoms with Crippen molar-refractivity contribution < 1.29 is 22.8 Å². The van der Waals surface area contributed by atoms with E-state index in [0.29, 0.717) is 24.5 Å². The smallest absolute Gasteiger partial charge is 0.266 e. The van der Waals surface area contributed by atoms with Crippen LogP contribution in [-0.2, 0) is 4.79 Å². The van der Waals surface area contributed by atoms with Crippen LogP contribution >= 0.6 is 0 Å². The number of amides is 2. The Morgan fingerprint density at radius 1 is 1.36 bits per heavy atom. The molecule has 2 saturated heterocycles. The number of nitrogens with zero attached hydrogens (tertiary/aromatic N) is 1. The summed E-state index contributed by atoms with van der Waals surface area (Å²) >= 11 is 0. The topological polar surface area (TPSA) is 62.6 Å². The van der Waals surface area contributed by atoms with Gasteiger partial charge in [-0.1, -0.05) is 0 Å². The van der Waals surface area contributed by atoms with Crippen molar-refractivity contribution in [1.82, 2.24) is 10.2 Å². The van der Waals surface area contributed by atoms with Gasteiger partial charge in [0.25, 0.3) is 11.8 Å². The molecule has 2 fully saturated rings. The summed E-state index contributed by atoms with van der Waals surface area (Å²) in [5.41, 5.74) is -0.895. The van der Waals surface area contributed by atoms with Crippen molar-refractivity contribution in [2.24, 2.45) is 5.41 Å². The average molecular weight is 312 g/mol. The molecule has 0 radical (unpaired) electrons. The fourth-order valence-electron chi connectivity index (χ4n) is 3.50. The molecule has 2 amide bonds. The van der Waals surface area contributed by atoms with Gasteiger partial charge in [-0.3, -0.25) is 9.59 Å². The Hall–Kier alpha value is -1.92. The van der Waals surface area contributed by atoms with Gasteiger partial charge in [-0.25, -0.2) is 8.78 Å². The SMILES string of the molecule is Cc1cc(C(=O)N2CC(F)(F)C[C@@]3(CCNC3=O)C2)c(C)o1. The minimum absolute atomic E-state index is 0.0247. The molecule has 5 nitrogen and oxygen atoms in total. The van der Waals surface area contributed by atoms with Gasteiger partial charge >= 0.3 is 0 Å². The minimum Gasteiger partial charge on any atom is -0.466 e. The van der Waals surface area contributed by atoms with Crippen molar-refractivity contribution in [2.45, 2.75) is 32.6 Å². The Morgan fingerprint density at radius 2 is 2.09 bits per heavy atom. The number of halogens is 2. The van der Waals surface area contributed by atoms with Crippen LogP contribution in [0.5, 0.6) is 0 Å². The third-order valence-electron chi connectivity index (χ3n) is 4.44. The first kappa shape index (κ1) is 15.0. The maximum Gasteiger partial charge on any atom is 0.266 e. The lowest BCUT2D eigenvalue weighted by Gasteiger charge is -2.42. The Labute approximate surface area is 126 Å². The summed E-state index contributed by atoms with van der Waals surface area (Å²) in [6.07, 6.45) is -0.173. The molecule has 7 heteroatoms. The number of carbonyl (C=O) groups excluding carboxylic acids is 2. The molecule has 2 aliphatic heterocycles. The normalized spacial score (nSPS) is 27.3. The van der Waals surface area contributed by atoms with E-state index in [9.17, 15) is 18.4 Å². The molecule has 0 unspecified atom stereocenters. The van der Waals surface area contributed by atoms with Crippen molar-refractivity contribution in [2.75, 3.05) is 19.6 Å². The van der Waals surface area contributed by atoms with Crippen LogP contribution in [0.15, 0.2) is 10.5 Å². The second-order valence-corrected chi connectivity index (χ2v) is 6.31. The molecular weight excluding hydrogens is 294 g/mol. The van der Waals surface area contributed by atoms with Crippen LogP contribution in [0.4, 0.5) is 8.78 Å². The van der Waals surface area contributed by atoms with Crippen molar-refractivity contribution in [3.8, 4) is 0 Å². The van der Waals surface area contributed by atoms with E-state index in [0.717, 1.165) is 4.90 Å². The summed E-state index contributed by atoms with van der Waals surface area (Å²) in [6, 6.07) is 1.55. The van der Waals surface area contributed by atoms with Gasteiger partial charge in [0.15, 0.2) is 0 Å². The molecule has 0 saturated carbocycles. The summed E-state index contributed by atoms with van der Waals surface area (Å²) in [5.74, 6) is -3.00. The number of aryl methyl sites for hydroxylation is 2. The zero-order valence-corrected chi connectivity index (χ0v) is 12.5. The second-order valence-electron chi connectivity index (χ2n) is 6.31. The van der Waals surface area contributed by atoms with Crippen molar-refractivity contribution in [3.63, 3.8) is 0 Å². The second kappa shape index (κ2) is 4.79. The predicted molar refractivity (Wildman–Crippen MR) is 73.7 cm³/mol. The van der Waals surface area contributed by atoms with E-state index in [-0.39, 0.29) is 18.0 Å². The highest BCUT2D eigenvalue weighted by atomic mass is 19.3. The summed E-state index contributed by atoms with van der Waals surface area (Å²) in [7, 11) is 0. The fourth-order valence-corrected chi connectivity index (χ4v) is 3.50. The summed E-state index contributed by atoms with van der Waals surface area (Å²) in [6.45, 7) is 3.06. The monoisotopic (exact) mass is 312 g/mol. The average Bonchev–Trinajstić information content (AvgIpc) is 2.90. The number of likely N-dealkylation sites (tertiary alicyclic amines) is 1. The fraction of sp³-hybridized carbons (Fsp3) is 0.600. The molecule has 1 atom stereocenters. The highest BCUT2D eigenvalue weighted by Gasteiger charge is 2.55. The van der Waals surface area contributed by atoms with Crippen molar-refractivity contribution in [1.29, 1.82) is 0 Å². The number of nitrogens with one attached hydrogen (secondary N) is 1. The maximum atomic E-state index is 14.1. The molecule has 0 aliphatic carbocycles. The Morgan fingerprint density at radius 3 is 2.64 bits per heavy atom. The molecule has 2 aliphatic rings. The van der Waals surface area contributed by atoms with E-state index in [1.54, 1.807) is 19.9 Å². The van der Waals surface area contributed by atoms with Crippen LogP contribution in [0.3, 0.4) is 0 Å². The Bertz CT molecular complexity index is 641. The van der Waals surface area contributed by atoms with Crippen LogP contribution in [0.1, 0.15) is 34.7 Å². The van der Waals surface area contributed by atoms with Crippen LogP contribution < -0.4 is 5.32 Å². The van der Waals surface area contributed by atoms with Gasteiger partial charge in [0, 0.05) is 19.5 Å². The van der Waals surface area contributed by atoms with Crippen LogP contribution in [0, 0.1) is 19.3 Å². The first-order valence-corrected chi connectivity index (χ1v) is 7.25. The van der Waals surface area contributed by atoms with Gasteiger partial charge < -0.3 is 14.6 Å². The van der Waals surface area contributed by atoms with Crippen LogP contribution in [0.25, 0.3) is 0 Å². The maximum absolute atomic E-state index is 14.1. The van der Waals surface area contributed by atoms with Crippen molar-refractivity contribution >= 4 is 11.8 Å². The number of rotatable bonds is 1. The highest BCUT2D eigenvalue weighted by molar-refractivity contribution is 5.96. The van der Waals surface area contributed by atoms with E-state index in [1.165, 1.54) is 0 Å². The third kappa shape index (κ3) is 2.38. The molecule has 1 aromatic heterocycles. The molecule has 3 heterocycles. The lowest BCUT2D eigenvalue weighted by molar-refractivity contribution is -0.144. The van der Waals surface area contributed by atoms with Gasteiger partial charge in [-0.2, -0.15) is 0 Å². The molecular formula is C15H18F2N2O3. The van der Waals surface area contributed by atoms with Gasteiger partial charge in [-0.15, -0.1) is 0 Å². The summed E-state index contributed by atoms with van der Waals surface area (Å²) in [5, 5.41) is 2.60. The van der Waals surface area contributed by atoms with E-state index in [4.69, 9.17) is 4.42 Å². The number of hydrogen-bond donors (Lipinski definition) is 1. The van der Waals surface area contributed by atoms with E-state index < -0.39 is 30.2 Å². The zero-order chi connectivity index (χ0) is 16.1. The van der Waals surface area contributed by atoms with E-state index >= 15 is 0 Å². The number of carbonyl (C=O) groups is 2. The zero-order valence-electron chi connectivity index (χ0n) is 12.5. The van der Waals surface area contributed by atoms with E-state index in [2.05, 4.69) is 5.32 Å². The minimum atomic E-state index is -3.07. The predicted octanol–water partition coefficient (Wildman–Crippen LogP) is 1.88. The van der Waals surface area contributed by atoms with Crippen LogP contribution in [-0.4, -0.2) is 42.3 Å². The lowest BCUT2D eigenvalue weighted by Crippen LogP contribution is -2.56. The molecule has 0 bridgehead atoms. The Kier molecular flexibility index (Phi) is 3.27.